The van der Waals surface area contributed by atoms with Crippen molar-refractivity contribution in [2.45, 2.75) is 97.7 Å². The van der Waals surface area contributed by atoms with Gasteiger partial charge >= 0.3 is 0 Å². The Labute approximate surface area is 176 Å². The third kappa shape index (κ3) is 4.15. The summed E-state index contributed by atoms with van der Waals surface area (Å²) < 4.78 is 5.76. The van der Waals surface area contributed by atoms with E-state index < -0.39 is 0 Å². The first-order valence-electron chi connectivity index (χ1n) is 11.8. The van der Waals surface area contributed by atoms with Gasteiger partial charge in [0.2, 0.25) is 0 Å². The molecule has 4 aliphatic carbocycles. The molecule has 29 heavy (non-hydrogen) atoms. The van der Waals surface area contributed by atoms with Crippen molar-refractivity contribution in [2.24, 2.45) is 34.4 Å². The van der Waals surface area contributed by atoms with Crippen LogP contribution in [0, 0.1) is 28.6 Å². The molecule has 5 heteroatoms. The van der Waals surface area contributed by atoms with Crippen molar-refractivity contribution in [1.82, 2.24) is 5.43 Å². The lowest BCUT2D eigenvalue weighted by molar-refractivity contribution is -0.127. The highest BCUT2D eigenvalue weighted by Crippen LogP contribution is 2.65. The largest absolute Gasteiger partial charge is 0.393 e. The predicted octanol–water partition coefficient (Wildman–Crippen LogP) is 4.10. The molecule has 0 spiro atoms. The number of nitrogens with two attached hydrogens (primary N) is 1. The SMILES string of the molecule is CC12CC[C@@H](OCC(=O)NN)C=C1CCC1C2CCC2(C)C(O)CCC12.CCC. The van der Waals surface area contributed by atoms with Crippen molar-refractivity contribution in [3.8, 4) is 0 Å². The van der Waals surface area contributed by atoms with Gasteiger partial charge < -0.3 is 9.84 Å². The molecule has 4 N–H and O–H groups in total. The van der Waals surface area contributed by atoms with E-state index in [9.17, 15) is 9.90 Å². The highest BCUT2D eigenvalue weighted by molar-refractivity contribution is 5.76. The summed E-state index contributed by atoms with van der Waals surface area (Å²) in [6.07, 6.45) is 12.6. The van der Waals surface area contributed by atoms with Gasteiger partial charge in [0.1, 0.15) is 6.61 Å². The zero-order valence-electron chi connectivity index (χ0n) is 18.9. The molecular formula is C24H42N2O3. The Morgan fingerprint density at radius 2 is 1.90 bits per heavy atom. The number of carbonyl (C=O) groups is 1. The number of aliphatic hydroxyl groups excluding tert-OH is 1. The van der Waals surface area contributed by atoms with E-state index >= 15 is 0 Å². The van der Waals surface area contributed by atoms with Gasteiger partial charge in [-0.25, -0.2) is 5.84 Å². The number of carbonyl (C=O) groups excluding carboxylic acids is 1. The Balaban J connectivity index is 0.000000755. The van der Waals surface area contributed by atoms with Crippen LogP contribution in [0.15, 0.2) is 11.6 Å². The minimum atomic E-state index is -0.271. The summed E-state index contributed by atoms with van der Waals surface area (Å²) in [5.74, 6) is 7.05. The van der Waals surface area contributed by atoms with E-state index in [2.05, 4.69) is 39.2 Å². The van der Waals surface area contributed by atoms with E-state index in [1.165, 1.54) is 32.1 Å². The van der Waals surface area contributed by atoms with Crippen LogP contribution in [0.4, 0.5) is 0 Å². The molecule has 6 unspecified atom stereocenters. The summed E-state index contributed by atoms with van der Waals surface area (Å²) in [7, 11) is 0. The van der Waals surface area contributed by atoms with E-state index in [1.807, 2.05) is 0 Å². The van der Waals surface area contributed by atoms with Gasteiger partial charge in [-0.3, -0.25) is 10.2 Å². The second-order valence-electron chi connectivity index (χ2n) is 10.3. The van der Waals surface area contributed by atoms with Crippen molar-refractivity contribution < 1.29 is 14.6 Å². The third-order valence-electron chi connectivity index (χ3n) is 8.61. The van der Waals surface area contributed by atoms with Crippen molar-refractivity contribution in [3.05, 3.63) is 11.6 Å². The number of rotatable bonds is 3. The lowest BCUT2D eigenvalue weighted by atomic mass is 9.47. The molecule has 4 rings (SSSR count). The first kappa shape index (κ1) is 22.8. The molecule has 3 fully saturated rings. The highest BCUT2D eigenvalue weighted by atomic mass is 16.5. The molecule has 166 valence electrons. The summed E-state index contributed by atoms with van der Waals surface area (Å²) in [4.78, 5) is 11.3. The maximum atomic E-state index is 11.3. The molecule has 0 aliphatic heterocycles. The Morgan fingerprint density at radius 1 is 1.17 bits per heavy atom. The number of allylic oxidation sites excluding steroid dienone is 1. The Morgan fingerprint density at radius 3 is 2.59 bits per heavy atom. The Kier molecular flexibility index (Phi) is 7.12. The van der Waals surface area contributed by atoms with Crippen molar-refractivity contribution >= 4 is 5.91 Å². The van der Waals surface area contributed by atoms with Gasteiger partial charge in [0.15, 0.2) is 0 Å². The van der Waals surface area contributed by atoms with Crippen molar-refractivity contribution in [2.75, 3.05) is 6.61 Å². The highest BCUT2D eigenvalue weighted by Gasteiger charge is 2.58. The topological polar surface area (TPSA) is 84.6 Å². The summed E-state index contributed by atoms with van der Waals surface area (Å²) in [6, 6.07) is 0. The Hall–Kier alpha value is -0.910. The van der Waals surface area contributed by atoms with Crippen LogP contribution in [0.1, 0.15) is 85.5 Å². The average Bonchev–Trinajstić information content (AvgIpc) is 3.01. The molecule has 0 saturated heterocycles. The number of aliphatic hydroxyl groups is 1. The number of fused-ring (bicyclic) bond motifs is 5. The van der Waals surface area contributed by atoms with Gasteiger partial charge in [0.25, 0.3) is 5.91 Å². The maximum absolute atomic E-state index is 11.3. The molecule has 0 bridgehead atoms. The summed E-state index contributed by atoms with van der Waals surface area (Å²) >= 11 is 0. The summed E-state index contributed by atoms with van der Waals surface area (Å²) in [5.41, 5.74) is 4.09. The molecule has 0 radical (unpaired) electrons. The number of nitrogens with one attached hydrogen (secondary N) is 1. The molecule has 3 saturated carbocycles. The number of hydrogen-bond donors (Lipinski definition) is 3. The van der Waals surface area contributed by atoms with E-state index in [0.717, 1.165) is 37.5 Å². The quantitative estimate of drug-likeness (QED) is 0.285. The minimum Gasteiger partial charge on any atom is -0.393 e. The van der Waals surface area contributed by atoms with E-state index in [0.29, 0.717) is 5.92 Å². The maximum Gasteiger partial charge on any atom is 0.259 e. The van der Waals surface area contributed by atoms with E-state index in [4.69, 9.17) is 10.6 Å². The number of hydrogen-bond acceptors (Lipinski definition) is 4. The summed E-state index contributed by atoms with van der Waals surface area (Å²) in [5, 5.41) is 10.6. The van der Waals surface area contributed by atoms with Gasteiger partial charge in [-0.15, -0.1) is 0 Å². The second kappa shape index (κ2) is 9.07. The third-order valence-corrected chi connectivity index (χ3v) is 8.61. The van der Waals surface area contributed by atoms with Gasteiger partial charge in [-0.2, -0.15) is 0 Å². The van der Waals surface area contributed by atoms with Crippen LogP contribution in [0.3, 0.4) is 0 Å². The molecule has 5 nitrogen and oxygen atoms in total. The molecular weight excluding hydrogens is 364 g/mol. The van der Waals surface area contributed by atoms with Gasteiger partial charge in [-0.05, 0) is 80.0 Å². The first-order chi connectivity index (χ1) is 13.8. The van der Waals surface area contributed by atoms with Crippen molar-refractivity contribution in [1.29, 1.82) is 0 Å². The zero-order valence-corrected chi connectivity index (χ0v) is 18.9. The lowest BCUT2D eigenvalue weighted by Gasteiger charge is -2.58. The fraction of sp³-hybridized carbons (Fsp3) is 0.875. The predicted molar refractivity (Wildman–Crippen MR) is 116 cm³/mol. The molecule has 0 aromatic carbocycles. The molecule has 7 atom stereocenters. The van der Waals surface area contributed by atoms with E-state index in [-0.39, 0.29) is 35.6 Å². The van der Waals surface area contributed by atoms with Crippen LogP contribution in [0.25, 0.3) is 0 Å². The smallest absolute Gasteiger partial charge is 0.259 e. The minimum absolute atomic E-state index is 0.0338. The van der Waals surface area contributed by atoms with Crippen LogP contribution in [0.2, 0.25) is 0 Å². The number of hydrazine groups is 1. The van der Waals surface area contributed by atoms with Crippen LogP contribution in [0.5, 0.6) is 0 Å². The lowest BCUT2D eigenvalue weighted by Crippen LogP contribution is -2.51. The van der Waals surface area contributed by atoms with E-state index in [1.54, 1.807) is 5.57 Å². The standard InChI is InChI=1S/C21H34N2O3.C3H8/c1-20-9-7-14(26-12-19(25)23-22)11-13(20)3-4-15-16-5-6-18(24)21(16,2)10-8-17(15)20;1-3-2/h11,14-18,24H,3-10,12,22H2,1-2H3,(H,23,25);3H2,1-2H3/t14-,15?,16?,17?,18?,20?,21?;/m1./s1. The fourth-order valence-electron chi connectivity index (χ4n) is 7.02. The normalized spacial score (nSPS) is 43.1. The molecule has 0 aromatic rings. The molecule has 1 amide bonds. The van der Waals surface area contributed by atoms with Crippen LogP contribution >= 0.6 is 0 Å². The van der Waals surface area contributed by atoms with Crippen LogP contribution < -0.4 is 11.3 Å². The molecule has 4 aliphatic rings. The van der Waals surface area contributed by atoms with Gasteiger partial charge in [0.05, 0.1) is 12.2 Å². The number of amides is 1. The molecule has 0 heterocycles. The molecule has 0 aromatic heterocycles. The van der Waals surface area contributed by atoms with Crippen LogP contribution in [-0.4, -0.2) is 29.8 Å². The monoisotopic (exact) mass is 406 g/mol. The average molecular weight is 407 g/mol. The Bertz CT molecular complexity index is 621. The van der Waals surface area contributed by atoms with Gasteiger partial charge in [0, 0.05) is 0 Å². The zero-order chi connectivity index (χ0) is 21.2. The van der Waals surface area contributed by atoms with Crippen LogP contribution in [-0.2, 0) is 9.53 Å². The van der Waals surface area contributed by atoms with Gasteiger partial charge in [-0.1, -0.05) is 45.8 Å². The van der Waals surface area contributed by atoms with Crippen molar-refractivity contribution in [3.63, 3.8) is 0 Å². The fourth-order valence-corrected chi connectivity index (χ4v) is 7.02. The number of ether oxygens (including phenoxy) is 1. The second-order valence-corrected chi connectivity index (χ2v) is 10.3. The summed E-state index contributed by atoms with van der Waals surface area (Å²) in [6.45, 7) is 9.09. The first-order valence-corrected chi connectivity index (χ1v) is 11.8.